The number of carbonyl (C=O) groups is 2. The van der Waals surface area contributed by atoms with E-state index in [2.05, 4.69) is 26.2 Å². The van der Waals surface area contributed by atoms with Crippen LogP contribution in [-0.2, 0) is 11.3 Å². The summed E-state index contributed by atoms with van der Waals surface area (Å²) in [4.78, 5) is 41.3. The molecule has 2 aromatic rings. The van der Waals surface area contributed by atoms with Crippen LogP contribution in [0.3, 0.4) is 0 Å². The van der Waals surface area contributed by atoms with Crippen LogP contribution >= 0.6 is 15.9 Å². The Morgan fingerprint density at radius 2 is 2.17 bits per heavy atom. The first-order chi connectivity index (χ1) is 11.5. The monoisotopic (exact) mass is 394 g/mol. The second kappa shape index (κ2) is 6.70. The number of hydrogen-bond donors (Lipinski definition) is 2. The Morgan fingerprint density at radius 3 is 2.88 bits per heavy atom. The Kier molecular flexibility index (Phi) is 4.63. The van der Waals surface area contributed by atoms with Crippen molar-refractivity contribution in [2.45, 2.75) is 6.54 Å². The zero-order valence-corrected chi connectivity index (χ0v) is 14.2. The number of carboxylic acids is 1. The molecule has 1 fully saturated rings. The van der Waals surface area contributed by atoms with Crippen molar-refractivity contribution in [3.05, 3.63) is 38.7 Å². The number of halogens is 1. The molecule has 8 nitrogen and oxygen atoms in total. The van der Waals surface area contributed by atoms with Gasteiger partial charge < -0.3 is 15.0 Å². The SMILES string of the molecule is O=C1CN(CCn2cc(C(=O)O)c(=O)c3cc(Br)cnc32)CCN1. The fourth-order valence-corrected chi connectivity index (χ4v) is 3.03. The van der Waals surface area contributed by atoms with Crippen LogP contribution in [0.2, 0.25) is 0 Å². The van der Waals surface area contributed by atoms with Gasteiger partial charge in [0.05, 0.1) is 11.9 Å². The molecule has 2 aromatic heterocycles. The van der Waals surface area contributed by atoms with E-state index >= 15 is 0 Å². The van der Waals surface area contributed by atoms with Gasteiger partial charge in [0.15, 0.2) is 0 Å². The molecule has 2 N–H and O–H groups in total. The molecule has 0 radical (unpaired) electrons. The maximum Gasteiger partial charge on any atom is 0.341 e. The number of piperazine rings is 1. The number of aromatic nitrogens is 2. The number of fused-ring (bicyclic) bond motifs is 1. The number of hydrogen-bond acceptors (Lipinski definition) is 5. The highest BCUT2D eigenvalue weighted by atomic mass is 79.9. The molecule has 0 spiro atoms. The molecule has 0 aromatic carbocycles. The summed E-state index contributed by atoms with van der Waals surface area (Å²) in [6.07, 6.45) is 2.88. The summed E-state index contributed by atoms with van der Waals surface area (Å²) in [5.41, 5.74) is -0.423. The molecule has 0 aliphatic carbocycles. The molecule has 3 rings (SSSR count). The van der Waals surface area contributed by atoms with Crippen molar-refractivity contribution >= 4 is 38.8 Å². The van der Waals surface area contributed by atoms with Gasteiger partial charge in [-0.05, 0) is 22.0 Å². The van der Waals surface area contributed by atoms with E-state index in [1.54, 1.807) is 16.8 Å². The molecule has 1 saturated heterocycles. The fraction of sp³-hybridized carbons (Fsp3) is 0.333. The lowest BCUT2D eigenvalue weighted by molar-refractivity contribution is -0.124. The molecule has 3 heterocycles. The van der Waals surface area contributed by atoms with E-state index in [1.807, 2.05) is 4.90 Å². The van der Waals surface area contributed by atoms with Crippen molar-refractivity contribution < 1.29 is 14.7 Å². The number of carbonyl (C=O) groups excluding carboxylic acids is 1. The van der Waals surface area contributed by atoms with E-state index in [0.717, 1.165) is 6.54 Å². The lowest BCUT2D eigenvalue weighted by Crippen LogP contribution is -2.48. The average Bonchev–Trinajstić information content (AvgIpc) is 2.54. The number of carboxylic acid groups (broad SMARTS) is 1. The third kappa shape index (κ3) is 3.31. The van der Waals surface area contributed by atoms with Crippen molar-refractivity contribution in [1.82, 2.24) is 19.8 Å². The summed E-state index contributed by atoms with van der Waals surface area (Å²) in [5.74, 6) is -1.30. The predicted octanol–water partition coefficient (Wildman–Crippen LogP) is 0.289. The quantitative estimate of drug-likeness (QED) is 0.771. The molecular weight excluding hydrogens is 380 g/mol. The van der Waals surface area contributed by atoms with Crippen molar-refractivity contribution in [3.8, 4) is 0 Å². The van der Waals surface area contributed by atoms with E-state index < -0.39 is 11.4 Å². The van der Waals surface area contributed by atoms with Gasteiger partial charge in [0.2, 0.25) is 11.3 Å². The lowest BCUT2D eigenvalue weighted by atomic mass is 10.2. The van der Waals surface area contributed by atoms with E-state index in [-0.39, 0.29) is 16.9 Å². The van der Waals surface area contributed by atoms with E-state index in [4.69, 9.17) is 0 Å². The number of amides is 1. The van der Waals surface area contributed by atoms with Crippen LogP contribution in [0.25, 0.3) is 11.0 Å². The van der Waals surface area contributed by atoms with Crippen molar-refractivity contribution in [2.75, 3.05) is 26.2 Å². The zero-order chi connectivity index (χ0) is 17.3. The fourth-order valence-electron chi connectivity index (χ4n) is 2.70. The molecule has 0 atom stereocenters. The van der Waals surface area contributed by atoms with Gasteiger partial charge in [-0.1, -0.05) is 0 Å². The molecule has 126 valence electrons. The Labute approximate surface area is 145 Å². The smallest absolute Gasteiger partial charge is 0.341 e. The standard InChI is InChI=1S/C15H15BrN4O4/c16-9-5-10-13(22)11(15(23)24)7-20(14(10)18-6-9)4-3-19-2-1-17-12(21)8-19/h5-7H,1-4,8H2,(H,17,21)(H,23,24). The highest BCUT2D eigenvalue weighted by Crippen LogP contribution is 2.15. The van der Waals surface area contributed by atoms with E-state index in [0.29, 0.717) is 36.3 Å². The predicted molar refractivity (Wildman–Crippen MR) is 90.1 cm³/mol. The van der Waals surface area contributed by atoms with Gasteiger partial charge in [0, 0.05) is 43.0 Å². The molecule has 0 saturated carbocycles. The third-order valence-corrected chi connectivity index (χ3v) is 4.32. The summed E-state index contributed by atoms with van der Waals surface area (Å²) < 4.78 is 2.26. The first-order valence-electron chi connectivity index (χ1n) is 7.37. The largest absolute Gasteiger partial charge is 0.477 e. The number of nitrogens with one attached hydrogen (secondary N) is 1. The first kappa shape index (κ1) is 16.6. The van der Waals surface area contributed by atoms with Gasteiger partial charge in [0.1, 0.15) is 11.2 Å². The molecular formula is C15H15BrN4O4. The van der Waals surface area contributed by atoms with Crippen molar-refractivity contribution in [2.24, 2.45) is 0 Å². The second-order valence-corrected chi connectivity index (χ2v) is 6.44. The molecule has 1 aliphatic heterocycles. The molecule has 0 bridgehead atoms. The van der Waals surface area contributed by atoms with E-state index in [9.17, 15) is 19.5 Å². The lowest BCUT2D eigenvalue weighted by Gasteiger charge is -2.26. The van der Waals surface area contributed by atoms with Gasteiger partial charge in [0.25, 0.3) is 0 Å². The van der Waals surface area contributed by atoms with Gasteiger partial charge in [-0.25, -0.2) is 9.78 Å². The zero-order valence-electron chi connectivity index (χ0n) is 12.7. The van der Waals surface area contributed by atoms with E-state index in [1.165, 1.54) is 6.20 Å². The highest BCUT2D eigenvalue weighted by molar-refractivity contribution is 9.10. The number of rotatable bonds is 4. The first-order valence-corrected chi connectivity index (χ1v) is 8.16. The molecule has 0 unspecified atom stereocenters. The van der Waals surface area contributed by atoms with Gasteiger partial charge >= 0.3 is 5.97 Å². The van der Waals surface area contributed by atoms with Gasteiger partial charge in [-0.2, -0.15) is 0 Å². The van der Waals surface area contributed by atoms with Gasteiger partial charge in [-0.15, -0.1) is 0 Å². The van der Waals surface area contributed by atoms with Crippen LogP contribution in [-0.4, -0.2) is 57.6 Å². The average molecular weight is 395 g/mol. The molecule has 1 amide bonds. The minimum atomic E-state index is -1.27. The minimum Gasteiger partial charge on any atom is -0.477 e. The summed E-state index contributed by atoms with van der Waals surface area (Å²) in [6.45, 7) is 2.62. The minimum absolute atomic E-state index is 0.0284. The second-order valence-electron chi connectivity index (χ2n) is 5.52. The van der Waals surface area contributed by atoms with Crippen LogP contribution in [0.15, 0.2) is 27.7 Å². The molecule has 9 heteroatoms. The topological polar surface area (TPSA) is 105 Å². The summed E-state index contributed by atoms with van der Waals surface area (Å²) in [5, 5.41) is 12.3. The highest BCUT2D eigenvalue weighted by Gasteiger charge is 2.18. The normalized spacial score (nSPS) is 15.5. The van der Waals surface area contributed by atoms with Gasteiger partial charge in [-0.3, -0.25) is 14.5 Å². The van der Waals surface area contributed by atoms with Crippen LogP contribution in [0.5, 0.6) is 0 Å². The molecule has 1 aliphatic rings. The van der Waals surface area contributed by atoms with Crippen molar-refractivity contribution in [3.63, 3.8) is 0 Å². The van der Waals surface area contributed by atoms with Crippen LogP contribution < -0.4 is 10.7 Å². The maximum atomic E-state index is 12.3. The number of aromatic carboxylic acids is 1. The van der Waals surface area contributed by atoms with Crippen molar-refractivity contribution in [1.29, 1.82) is 0 Å². The molecule has 24 heavy (non-hydrogen) atoms. The Morgan fingerprint density at radius 1 is 1.38 bits per heavy atom. The van der Waals surface area contributed by atoms with Crippen LogP contribution in [0, 0.1) is 0 Å². The Bertz CT molecular complexity index is 880. The summed E-state index contributed by atoms with van der Waals surface area (Å²) in [7, 11) is 0. The summed E-state index contributed by atoms with van der Waals surface area (Å²) in [6, 6.07) is 1.57. The van der Waals surface area contributed by atoms with Crippen LogP contribution in [0.4, 0.5) is 0 Å². The maximum absolute atomic E-state index is 12.3. The third-order valence-electron chi connectivity index (χ3n) is 3.88. The van der Waals surface area contributed by atoms with Crippen LogP contribution in [0.1, 0.15) is 10.4 Å². The Hall–Kier alpha value is -2.26. The number of pyridine rings is 2. The summed E-state index contributed by atoms with van der Waals surface area (Å²) >= 11 is 3.25. The number of nitrogens with zero attached hydrogens (tertiary/aromatic N) is 3. The Balaban J connectivity index is 1.97.